The zero-order chi connectivity index (χ0) is 13.8. The number of nitrogens with one attached hydrogen (secondary N) is 2. The Labute approximate surface area is 110 Å². The molecule has 6 heteroatoms. The highest BCUT2D eigenvalue weighted by atomic mass is 16.2. The molecule has 0 unspecified atom stereocenters. The Morgan fingerprint density at radius 2 is 2.21 bits per heavy atom. The summed E-state index contributed by atoms with van der Waals surface area (Å²) in [5.74, 6) is 0. The van der Waals surface area contributed by atoms with Crippen molar-refractivity contribution >= 4 is 17.4 Å². The number of nitrogens with zero attached hydrogens (tertiary/aromatic N) is 3. The van der Waals surface area contributed by atoms with Gasteiger partial charge in [-0.3, -0.25) is 0 Å². The molecule has 2 N–H and O–H groups in total. The first-order chi connectivity index (χ1) is 9.13. The van der Waals surface area contributed by atoms with E-state index in [4.69, 9.17) is 10.5 Å². The Kier molecular flexibility index (Phi) is 3.35. The van der Waals surface area contributed by atoms with Gasteiger partial charge in [0.25, 0.3) is 0 Å². The first-order valence-electron chi connectivity index (χ1n) is 5.56. The fourth-order valence-electron chi connectivity index (χ4n) is 1.72. The number of allylic oxidation sites excluding steroid dienone is 1. The summed E-state index contributed by atoms with van der Waals surface area (Å²) in [7, 11) is 1.71. The summed E-state index contributed by atoms with van der Waals surface area (Å²) in [5.41, 5.74) is 2.50. The molecule has 1 aromatic rings. The summed E-state index contributed by atoms with van der Waals surface area (Å²) in [5, 5.41) is 22.9. The lowest BCUT2D eigenvalue weighted by Gasteiger charge is -2.26. The number of carbonyl (C=O) groups excluding carboxylic acids is 1. The molecule has 19 heavy (non-hydrogen) atoms. The highest BCUT2D eigenvalue weighted by Crippen LogP contribution is 2.25. The minimum absolute atomic E-state index is 0.00291. The van der Waals surface area contributed by atoms with Gasteiger partial charge in [0.1, 0.15) is 17.7 Å². The molecule has 0 saturated carbocycles. The second kappa shape index (κ2) is 5.11. The maximum absolute atomic E-state index is 11.5. The summed E-state index contributed by atoms with van der Waals surface area (Å²) in [6.45, 7) is 0.518. The first kappa shape index (κ1) is 12.5. The number of fused-ring (bicyclic) bond motifs is 1. The van der Waals surface area contributed by atoms with Gasteiger partial charge in [0.05, 0.1) is 0 Å². The van der Waals surface area contributed by atoms with E-state index < -0.39 is 0 Å². The third-order valence-electron chi connectivity index (χ3n) is 2.73. The number of amides is 2. The minimum atomic E-state index is -0.135. The molecular formula is C13H11N5O. The van der Waals surface area contributed by atoms with Crippen LogP contribution in [0.3, 0.4) is 0 Å². The van der Waals surface area contributed by atoms with Gasteiger partial charge in [0, 0.05) is 31.2 Å². The van der Waals surface area contributed by atoms with Crippen LogP contribution in [-0.4, -0.2) is 18.0 Å². The Balaban J connectivity index is 2.21. The summed E-state index contributed by atoms with van der Waals surface area (Å²) in [6, 6.07) is 8.83. The van der Waals surface area contributed by atoms with Gasteiger partial charge in [0.2, 0.25) is 0 Å². The predicted octanol–water partition coefficient (Wildman–Crippen LogP) is 2.01. The van der Waals surface area contributed by atoms with Crippen molar-refractivity contribution in [2.24, 2.45) is 0 Å². The van der Waals surface area contributed by atoms with Crippen molar-refractivity contribution in [2.45, 2.75) is 6.54 Å². The lowest BCUT2D eigenvalue weighted by atomic mass is 10.1. The van der Waals surface area contributed by atoms with E-state index >= 15 is 0 Å². The highest BCUT2D eigenvalue weighted by Gasteiger charge is 2.18. The summed E-state index contributed by atoms with van der Waals surface area (Å²) in [4.78, 5) is 13.0. The van der Waals surface area contributed by atoms with Crippen molar-refractivity contribution in [1.82, 2.24) is 4.90 Å². The zero-order valence-electron chi connectivity index (χ0n) is 10.3. The van der Waals surface area contributed by atoms with E-state index in [1.807, 2.05) is 6.07 Å². The van der Waals surface area contributed by atoms with E-state index in [1.54, 1.807) is 36.2 Å². The van der Waals surface area contributed by atoms with Gasteiger partial charge in [-0.25, -0.2) is 4.79 Å². The molecule has 2 rings (SSSR count). The minimum Gasteiger partial charge on any atom is -0.360 e. The van der Waals surface area contributed by atoms with Gasteiger partial charge in [-0.15, -0.1) is 0 Å². The lowest BCUT2D eigenvalue weighted by molar-refractivity contribution is 0.218. The van der Waals surface area contributed by atoms with Gasteiger partial charge < -0.3 is 15.5 Å². The van der Waals surface area contributed by atoms with E-state index in [0.717, 1.165) is 16.9 Å². The quantitative estimate of drug-likeness (QED) is 0.788. The Morgan fingerprint density at radius 3 is 2.89 bits per heavy atom. The second-order valence-corrected chi connectivity index (χ2v) is 4.08. The molecule has 2 amide bonds. The van der Waals surface area contributed by atoms with E-state index in [-0.39, 0.29) is 11.6 Å². The third kappa shape index (κ3) is 2.64. The topological polar surface area (TPSA) is 91.9 Å². The molecule has 0 fully saturated rings. The normalized spacial score (nSPS) is 12.6. The predicted molar refractivity (Wildman–Crippen MR) is 69.9 cm³/mol. The molecule has 1 aliphatic heterocycles. The van der Waals surface area contributed by atoms with Crippen molar-refractivity contribution in [1.29, 1.82) is 10.5 Å². The SMILES string of the molecule is CN1Cc2cc(NC=C(C#N)C#N)ccc2NC1=O. The van der Waals surface area contributed by atoms with Crippen molar-refractivity contribution in [2.75, 3.05) is 17.7 Å². The molecule has 1 aromatic carbocycles. The largest absolute Gasteiger partial charge is 0.360 e. The molecule has 0 saturated heterocycles. The van der Waals surface area contributed by atoms with Crippen LogP contribution in [0, 0.1) is 22.7 Å². The number of hydrogen-bond acceptors (Lipinski definition) is 4. The molecule has 1 aliphatic rings. The Morgan fingerprint density at radius 1 is 1.47 bits per heavy atom. The van der Waals surface area contributed by atoms with Gasteiger partial charge in [-0.1, -0.05) is 0 Å². The van der Waals surface area contributed by atoms with E-state index in [2.05, 4.69) is 10.6 Å². The fraction of sp³-hybridized carbons (Fsp3) is 0.154. The number of carbonyl (C=O) groups is 1. The van der Waals surface area contributed by atoms with Crippen molar-refractivity contribution in [3.63, 3.8) is 0 Å². The third-order valence-corrected chi connectivity index (χ3v) is 2.73. The Hall–Kier alpha value is -2.99. The van der Waals surface area contributed by atoms with Gasteiger partial charge in [-0.05, 0) is 23.8 Å². The standard InChI is InChI=1S/C13H11N5O/c1-18-8-10-4-11(16-7-9(5-14)6-15)2-3-12(10)17-13(18)19/h2-4,7,16H,8H2,1H3,(H,17,19). The van der Waals surface area contributed by atoms with Crippen LogP contribution in [0.1, 0.15) is 5.56 Å². The van der Waals surface area contributed by atoms with Gasteiger partial charge >= 0.3 is 6.03 Å². The second-order valence-electron chi connectivity index (χ2n) is 4.08. The molecule has 0 atom stereocenters. The summed E-state index contributed by atoms with van der Waals surface area (Å²) in [6.07, 6.45) is 1.35. The number of benzene rings is 1. The monoisotopic (exact) mass is 253 g/mol. The van der Waals surface area contributed by atoms with Crippen LogP contribution in [0.5, 0.6) is 0 Å². The smallest absolute Gasteiger partial charge is 0.321 e. The fourth-order valence-corrected chi connectivity index (χ4v) is 1.72. The van der Waals surface area contributed by atoms with E-state index in [9.17, 15) is 4.79 Å². The molecule has 0 aliphatic carbocycles. The van der Waals surface area contributed by atoms with Crippen molar-refractivity contribution < 1.29 is 4.79 Å². The first-order valence-corrected chi connectivity index (χ1v) is 5.56. The molecule has 0 aromatic heterocycles. The van der Waals surface area contributed by atoms with E-state index in [1.165, 1.54) is 6.20 Å². The van der Waals surface area contributed by atoms with Crippen LogP contribution in [0.4, 0.5) is 16.2 Å². The zero-order valence-corrected chi connectivity index (χ0v) is 10.3. The highest BCUT2D eigenvalue weighted by molar-refractivity contribution is 5.92. The number of anilines is 2. The molecule has 0 bridgehead atoms. The lowest BCUT2D eigenvalue weighted by Crippen LogP contribution is -2.35. The summed E-state index contributed by atoms with van der Waals surface area (Å²) >= 11 is 0. The molecule has 0 spiro atoms. The molecule has 94 valence electrons. The average molecular weight is 253 g/mol. The van der Waals surface area contributed by atoms with Crippen LogP contribution < -0.4 is 10.6 Å². The maximum Gasteiger partial charge on any atom is 0.321 e. The number of urea groups is 1. The number of hydrogen-bond donors (Lipinski definition) is 2. The molecule has 0 radical (unpaired) electrons. The van der Waals surface area contributed by atoms with Crippen molar-refractivity contribution in [3.8, 4) is 12.1 Å². The average Bonchev–Trinajstić information content (AvgIpc) is 2.41. The molecular weight excluding hydrogens is 242 g/mol. The van der Waals surface area contributed by atoms with Crippen LogP contribution in [0.15, 0.2) is 30.0 Å². The Bertz CT molecular complexity index is 619. The summed E-state index contributed by atoms with van der Waals surface area (Å²) < 4.78 is 0. The van der Waals surface area contributed by atoms with E-state index in [0.29, 0.717) is 6.54 Å². The van der Waals surface area contributed by atoms with Gasteiger partial charge in [-0.2, -0.15) is 10.5 Å². The van der Waals surface area contributed by atoms with Crippen LogP contribution in [-0.2, 0) is 6.54 Å². The number of rotatable bonds is 2. The van der Waals surface area contributed by atoms with Crippen LogP contribution >= 0.6 is 0 Å². The van der Waals surface area contributed by atoms with Crippen LogP contribution in [0.25, 0.3) is 0 Å². The van der Waals surface area contributed by atoms with Crippen LogP contribution in [0.2, 0.25) is 0 Å². The molecule has 1 heterocycles. The van der Waals surface area contributed by atoms with Crippen molar-refractivity contribution in [3.05, 3.63) is 35.5 Å². The maximum atomic E-state index is 11.5. The van der Waals surface area contributed by atoms with Gasteiger partial charge in [0.15, 0.2) is 0 Å². The number of nitriles is 2. The molecule has 6 nitrogen and oxygen atoms in total.